The van der Waals surface area contributed by atoms with Crippen LogP contribution in [0, 0.1) is 11.8 Å². The van der Waals surface area contributed by atoms with E-state index in [-0.39, 0.29) is 58.5 Å². The van der Waals surface area contributed by atoms with E-state index in [1.54, 1.807) is 24.3 Å². The standard InChI is InChI=1S/C46H50N4O8S2/c1-41-33(53)11-13-45(31-19-27-7-9-29(51)39(57-41)37(27)43(41,45)15-17-49(31)21-25-3-4-25)47-35(55)23-59-60-24-36(56)48-46-14-12-34(54)42(2)44(46)16-18-50(22-26-5-6-26)32(46)20-28-8-10-30(52)40(58-42)38(28)44/h7-14,25-26,31-32,51-52H,3-6,15-24H2,1-2H3,(H,47,55)(H,48,56)/t31?,32?,41-,42-,43-,44-,45+,46+/m0/s1. The predicted molar refractivity (Wildman–Crippen MR) is 225 cm³/mol. The highest BCUT2D eigenvalue weighted by molar-refractivity contribution is 8.77. The van der Waals surface area contributed by atoms with Gasteiger partial charge < -0.3 is 30.3 Å². The molecule has 4 heterocycles. The lowest BCUT2D eigenvalue weighted by Crippen LogP contribution is -2.83. The molecule has 314 valence electrons. The van der Waals surface area contributed by atoms with E-state index in [9.17, 15) is 29.4 Å². The van der Waals surface area contributed by atoms with E-state index in [0.29, 0.717) is 49.0 Å². The second-order valence-corrected chi connectivity index (χ2v) is 22.0. The average molecular weight is 851 g/mol. The average Bonchev–Trinajstić information content (AvgIpc) is 4.15. The molecular weight excluding hydrogens is 801 g/mol. The number of ether oxygens (including phenoxy) is 2. The van der Waals surface area contributed by atoms with Crippen LogP contribution in [0.1, 0.15) is 74.6 Å². The highest BCUT2D eigenvalue weighted by Crippen LogP contribution is 2.69. The number of carbonyl (C=O) groups is 4. The fourth-order valence-electron chi connectivity index (χ4n) is 13.8. The van der Waals surface area contributed by atoms with Crippen molar-refractivity contribution in [2.45, 2.75) is 110 Å². The molecule has 0 radical (unpaired) electrons. The van der Waals surface area contributed by atoms with Crippen LogP contribution in [-0.4, -0.2) is 115 Å². The van der Waals surface area contributed by atoms with E-state index in [1.165, 1.54) is 47.3 Å². The molecule has 4 fully saturated rings. The summed E-state index contributed by atoms with van der Waals surface area (Å²) in [6.45, 7) is 7.05. The first-order valence-electron chi connectivity index (χ1n) is 21.7. The van der Waals surface area contributed by atoms with Crippen LogP contribution in [0.25, 0.3) is 0 Å². The minimum atomic E-state index is -1.31. The van der Waals surface area contributed by atoms with E-state index in [4.69, 9.17) is 9.47 Å². The van der Waals surface area contributed by atoms with Gasteiger partial charge in [0, 0.05) is 36.3 Å². The molecule has 2 aromatic rings. The number of carbonyl (C=O) groups excluding carboxylic acids is 4. The van der Waals surface area contributed by atoms with Gasteiger partial charge in [0.2, 0.25) is 11.8 Å². The summed E-state index contributed by atoms with van der Waals surface area (Å²) in [7, 11) is 2.64. The van der Waals surface area contributed by atoms with Crippen LogP contribution < -0.4 is 20.1 Å². The maximum Gasteiger partial charge on any atom is 0.231 e. The summed E-state index contributed by atoms with van der Waals surface area (Å²) in [5.74, 6) is 1.38. The van der Waals surface area contributed by atoms with Crippen molar-refractivity contribution >= 4 is 45.0 Å². The quantitative estimate of drug-likeness (QED) is 0.191. The van der Waals surface area contributed by atoms with Gasteiger partial charge in [0.05, 0.1) is 33.4 Å². The molecule has 10 aliphatic rings. The lowest BCUT2D eigenvalue weighted by Gasteiger charge is -2.65. The number of hydrogen-bond acceptors (Lipinski definition) is 12. The molecule has 0 aromatic heterocycles. The van der Waals surface area contributed by atoms with Gasteiger partial charge in [0.15, 0.2) is 45.8 Å². The van der Waals surface area contributed by atoms with Gasteiger partial charge in [-0.1, -0.05) is 45.9 Å². The minimum absolute atomic E-state index is 0.00526. The smallest absolute Gasteiger partial charge is 0.231 e. The monoisotopic (exact) mass is 850 g/mol. The first kappa shape index (κ1) is 37.8. The molecule has 4 bridgehead atoms. The van der Waals surface area contributed by atoms with Crippen molar-refractivity contribution in [1.82, 2.24) is 20.4 Å². The van der Waals surface area contributed by atoms with Gasteiger partial charge in [0.1, 0.15) is 0 Å². The molecule has 2 amide bonds. The summed E-state index contributed by atoms with van der Waals surface area (Å²) in [6, 6.07) is 7.01. The SMILES string of the molecule is C[C@@]12Oc3c(O)ccc4c3[C@@]13CCN(CC1CC1)C(C4)[C@]3(NC(=O)CSSCC(=O)N[C@@]13C=CC(=O)[C@]4(C)Oc5c(O)ccc6c5[C@@]41CCN(CC1CC1)C3C6)C=CC2=O. The highest BCUT2D eigenvalue weighted by Gasteiger charge is 2.79. The summed E-state index contributed by atoms with van der Waals surface area (Å²) in [4.78, 5) is 61.5. The number of hydrogen-bond donors (Lipinski definition) is 4. The third kappa shape index (κ3) is 4.53. The zero-order valence-electron chi connectivity index (χ0n) is 33.9. The molecule has 4 aliphatic heterocycles. The van der Waals surface area contributed by atoms with Crippen molar-refractivity contribution in [2.75, 3.05) is 37.7 Å². The molecule has 60 heavy (non-hydrogen) atoms. The Balaban J connectivity index is 0.807. The maximum atomic E-state index is 14.3. The van der Waals surface area contributed by atoms with E-state index < -0.39 is 33.1 Å². The topological polar surface area (TPSA) is 158 Å². The van der Waals surface area contributed by atoms with E-state index in [1.807, 2.05) is 38.1 Å². The first-order valence-corrected chi connectivity index (χ1v) is 24.2. The second-order valence-electron chi connectivity index (χ2n) is 19.5. The molecule has 2 spiro atoms. The number of likely N-dealkylation sites (tertiary alicyclic amines) is 2. The predicted octanol–water partition coefficient (Wildman–Crippen LogP) is 4.03. The number of rotatable bonds is 11. The first-order chi connectivity index (χ1) is 28.8. The van der Waals surface area contributed by atoms with Gasteiger partial charge in [-0.15, -0.1) is 0 Å². The number of nitrogens with zero attached hydrogens (tertiary/aromatic N) is 2. The van der Waals surface area contributed by atoms with Crippen LogP contribution in [-0.2, 0) is 42.8 Å². The minimum Gasteiger partial charge on any atom is -0.504 e. The fraction of sp³-hybridized carbons (Fsp3) is 0.565. The largest absolute Gasteiger partial charge is 0.504 e. The molecule has 6 aliphatic carbocycles. The Hall–Kier alpha value is -3.98. The summed E-state index contributed by atoms with van der Waals surface area (Å²) < 4.78 is 13.1. The third-order valence-corrected chi connectivity index (χ3v) is 18.9. The molecule has 2 saturated heterocycles. The molecule has 4 N–H and O–H groups in total. The summed E-state index contributed by atoms with van der Waals surface area (Å²) >= 11 is 0. The lowest BCUT2D eigenvalue weighted by atomic mass is 9.45. The van der Waals surface area contributed by atoms with Crippen molar-refractivity contribution in [3.05, 3.63) is 70.8 Å². The molecule has 2 aromatic carbocycles. The second kappa shape index (κ2) is 12.4. The Morgan fingerprint density at radius 2 is 1.12 bits per heavy atom. The Morgan fingerprint density at radius 3 is 1.52 bits per heavy atom. The summed E-state index contributed by atoms with van der Waals surface area (Å²) in [5, 5.41) is 29.1. The number of aromatic hydroxyl groups is 2. The van der Waals surface area contributed by atoms with Gasteiger partial charge >= 0.3 is 0 Å². The zero-order valence-corrected chi connectivity index (χ0v) is 35.5. The van der Waals surface area contributed by atoms with Crippen molar-refractivity contribution in [1.29, 1.82) is 0 Å². The zero-order chi connectivity index (χ0) is 41.2. The number of benzene rings is 2. The molecule has 12 rings (SSSR count). The summed E-state index contributed by atoms with van der Waals surface area (Å²) in [5.41, 5.74) is -2.54. The fourth-order valence-corrected chi connectivity index (χ4v) is 15.5. The molecule has 8 atom stereocenters. The lowest BCUT2D eigenvalue weighted by molar-refractivity contribution is -0.148. The van der Waals surface area contributed by atoms with Gasteiger partial charge in [-0.3, -0.25) is 29.0 Å². The van der Waals surface area contributed by atoms with Gasteiger partial charge in [-0.25, -0.2) is 0 Å². The summed E-state index contributed by atoms with van der Waals surface area (Å²) in [6.07, 6.45) is 14.3. The molecule has 2 unspecified atom stereocenters. The highest BCUT2D eigenvalue weighted by atomic mass is 33.1. The maximum absolute atomic E-state index is 14.3. The van der Waals surface area contributed by atoms with Crippen molar-refractivity contribution in [3.8, 4) is 23.0 Å². The van der Waals surface area contributed by atoms with Crippen LogP contribution in [0.15, 0.2) is 48.6 Å². The number of amides is 2. The number of phenolic OH excluding ortho intramolecular Hbond substituents is 2. The molecule has 12 nitrogen and oxygen atoms in total. The number of piperidine rings is 2. The van der Waals surface area contributed by atoms with Crippen molar-refractivity contribution < 1.29 is 38.9 Å². The van der Waals surface area contributed by atoms with Gasteiger partial charge in [0.25, 0.3) is 0 Å². The Kier molecular flexibility index (Phi) is 7.77. The van der Waals surface area contributed by atoms with Gasteiger partial charge in [-0.05, 0) is 126 Å². The van der Waals surface area contributed by atoms with Crippen molar-refractivity contribution in [2.24, 2.45) is 11.8 Å². The molecule has 2 saturated carbocycles. The van der Waals surface area contributed by atoms with E-state index in [0.717, 1.165) is 48.4 Å². The van der Waals surface area contributed by atoms with Crippen LogP contribution in [0.3, 0.4) is 0 Å². The number of ketones is 2. The normalized spacial score (nSPS) is 38.5. The van der Waals surface area contributed by atoms with Gasteiger partial charge in [-0.2, -0.15) is 0 Å². The van der Waals surface area contributed by atoms with E-state index in [2.05, 4.69) is 20.4 Å². The van der Waals surface area contributed by atoms with Crippen molar-refractivity contribution in [3.63, 3.8) is 0 Å². The van der Waals surface area contributed by atoms with Crippen LogP contribution in [0.5, 0.6) is 23.0 Å². The van der Waals surface area contributed by atoms with E-state index >= 15 is 0 Å². The number of nitrogens with one attached hydrogen (secondary N) is 2. The Labute approximate surface area is 356 Å². The third-order valence-electron chi connectivity index (χ3n) is 16.7. The van der Waals surface area contributed by atoms with Crippen LogP contribution >= 0.6 is 21.6 Å². The Bertz CT molecular complexity index is 2240. The molecule has 14 heteroatoms. The van der Waals surface area contributed by atoms with Crippen LogP contribution in [0.4, 0.5) is 0 Å². The van der Waals surface area contributed by atoms with Crippen LogP contribution in [0.2, 0.25) is 0 Å². The molecular formula is C46H50N4O8S2. The number of phenols is 2. The Morgan fingerprint density at radius 1 is 0.700 bits per heavy atom.